The number of ether oxygens (including phenoxy) is 1. The first kappa shape index (κ1) is 23.6. The number of morpholine rings is 1. The zero-order chi connectivity index (χ0) is 22.4. The molecular weight excluding hydrogens is 420 g/mol. The fourth-order valence-corrected chi connectivity index (χ4v) is 5.27. The van der Waals surface area contributed by atoms with Crippen LogP contribution in [0, 0.1) is 0 Å². The third-order valence-corrected chi connectivity index (χ3v) is 7.76. The molecule has 2 fully saturated rings. The third-order valence-electron chi connectivity index (χ3n) is 5.84. The van der Waals surface area contributed by atoms with Crippen LogP contribution in [0.15, 0.2) is 29.2 Å². The van der Waals surface area contributed by atoms with Crippen LogP contribution < -0.4 is 0 Å². The molecule has 9 nitrogen and oxygen atoms in total. The average molecular weight is 453 g/mol. The van der Waals surface area contributed by atoms with Crippen molar-refractivity contribution in [1.29, 1.82) is 0 Å². The standard InChI is InChI=1S/C21H32N4O5S/c1-3-23(4-2)20(26)17-22-9-11-24(12-10-22)21(27)18-5-7-19(8-6-18)31(28,29)25-13-15-30-16-14-25/h5-8H,3-4,9-17H2,1-2H3. The number of sulfonamides is 1. The molecule has 0 spiro atoms. The molecule has 2 amide bonds. The van der Waals surface area contributed by atoms with Crippen LogP contribution in [0.5, 0.6) is 0 Å². The van der Waals surface area contributed by atoms with Crippen LogP contribution in [0.2, 0.25) is 0 Å². The van der Waals surface area contributed by atoms with Crippen LogP contribution in [0.25, 0.3) is 0 Å². The van der Waals surface area contributed by atoms with Crippen molar-refractivity contribution in [3.63, 3.8) is 0 Å². The Kier molecular flexibility index (Phi) is 8.04. The number of hydrogen-bond donors (Lipinski definition) is 0. The summed E-state index contributed by atoms with van der Waals surface area (Å²) in [5.41, 5.74) is 0.466. The summed E-state index contributed by atoms with van der Waals surface area (Å²) in [6, 6.07) is 6.14. The van der Waals surface area contributed by atoms with Gasteiger partial charge >= 0.3 is 0 Å². The highest BCUT2D eigenvalue weighted by atomic mass is 32.2. The van der Waals surface area contributed by atoms with E-state index in [4.69, 9.17) is 4.74 Å². The Morgan fingerprint density at radius 2 is 1.52 bits per heavy atom. The molecule has 172 valence electrons. The molecule has 0 aromatic heterocycles. The van der Waals surface area contributed by atoms with Gasteiger partial charge in [0, 0.05) is 57.9 Å². The number of carbonyl (C=O) groups excluding carboxylic acids is 2. The number of carbonyl (C=O) groups is 2. The van der Waals surface area contributed by atoms with Crippen LogP contribution in [-0.2, 0) is 19.6 Å². The monoisotopic (exact) mass is 452 g/mol. The molecule has 0 saturated carbocycles. The van der Waals surface area contributed by atoms with Crippen LogP contribution in [0.1, 0.15) is 24.2 Å². The number of piperazine rings is 1. The van der Waals surface area contributed by atoms with Crippen molar-refractivity contribution in [2.24, 2.45) is 0 Å². The summed E-state index contributed by atoms with van der Waals surface area (Å²) in [6.07, 6.45) is 0. The second kappa shape index (κ2) is 10.5. The summed E-state index contributed by atoms with van der Waals surface area (Å²) in [5, 5.41) is 0. The quantitative estimate of drug-likeness (QED) is 0.592. The van der Waals surface area contributed by atoms with Gasteiger partial charge in [-0.05, 0) is 38.1 Å². The minimum atomic E-state index is -3.57. The summed E-state index contributed by atoms with van der Waals surface area (Å²) in [5.74, 6) is -0.00752. The molecule has 2 aliphatic rings. The van der Waals surface area contributed by atoms with Crippen molar-refractivity contribution in [2.45, 2.75) is 18.7 Å². The number of benzene rings is 1. The molecular formula is C21H32N4O5S. The van der Waals surface area contributed by atoms with E-state index in [2.05, 4.69) is 4.90 Å². The van der Waals surface area contributed by atoms with Gasteiger partial charge in [-0.2, -0.15) is 4.31 Å². The SMILES string of the molecule is CCN(CC)C(=O)CN1CCN(C(=O)c2ccc(S(=O)(=O)N3CCOCC3)cc2)CC1. The Hall–Kier alpha value is -2.01. The first-order chi connectivity index (χ1) is 14.9. The summed E-state index contributed by atoms with van der Waals surface area (Å²) in [6.45, 7) is 9.53. The molecule has 0 unspecified atom stereocenters. The Bertz CT molecular complexity index is 856. The lowest BCUT2D eigenvalue weighted by molar-refractivity contribution is -0.132. The highest BCUT2D eigenvalue weighted by Gasteiger charge is 2.28. The zero-order valence-corrected chi connectivity index (χ0v) is 19.1. The number of amides is 2. The van der Waals surface area contributed by atoms with E-state index in [1.165, 1.54) is 16.4 Å². The van der Waals surface area contributed by atoms with Gasteiger partial charge in [0.15, 0.2) is 0 Å². The van der Waals surface area contributed by atoms with Gasteiger partial charge in [0.2, 0.25) is 15.9 Å². The molecule has 0 bridgehead atoms. The predicted molar refractivity (Wildman–Crippen MR) is 116 cm³/mol. The van der Waals surface area contributed by atoms with Crippen LogP contribution in [-0.4, -0.2) is 111 Å². The lowest BCUT2D eigenvalue weighted by Crippen LogP contribution is -2.51. The van der Waals surface area contributed by atoms with E-state index in [-0.39, 0.29) is 16.7 Å². The second-order valence-corrected chi connectivity index (χ2v) is 9.61. The Morgan fingerprint density at radius 1 is 0.935 bits per heavy atom. The minimum absolute atomic E-state index is 0.113. The van der Waals surface area contributed by atoms with E-state index in [1.54, 1.807) is 17.0 Å². The van der Waals surface area contributed by atoms with E-state index in [1.807, 2.05) is 18.7 Å². The van der Waals surface area contributed by atoms with Crippen LogP contribution >= 0.6 is 0 Å². The number of nitrogens with zero attached hydrogens (tertiary/aromatic N) is 4. The van der Waals surface area contributed by atoms with Gasteiger partial charge in [-0.1, -0.05) is 0 Å². The van der Waals surface area contributed by atoms with E-state index in [0.29, 0.717) is 77.7 Å². The summed E-state index contributed by atoms with van der Waals surface area (Å²) in [4.78, 5) is 31.0. The molecule has 2 heterocycles. The Balaban J connectivity index is 1.56. The molecule has 0 aliphatic carbocycles. The van der Waals surface area contributed by atoms with E-state index >= 15 is 0 Å². The molecule has 3 rings (SSSR count). The Labute approximate surface area is 184 Å². The average Bonchev–Trinajstić information content (AvgIpc) is 2.80. The van der Waals surface area contributed by atoms with Crippen LogP contribution in [0.4, 0.5) is 0 Å². The molecule has 1 aromatic carbocycles. The topological polar surface area (TPSA) is 90.5 Å². The molecule has 31 heavy (non-hydrogen) atoms. The van der Waals surface area contributed by atoms with E-state index in [9.17, 15) is 18.0 Å². The lowest BCUT2D eigenvalue weighted by atomic mass is 10.2. The molecule has 0 atom stereocenters. The molecule has 10 heteroatoms. The van der Waals surface area contributed by atoms with Crippen molar-refractivity contribution in [3.05, 3.63) is 29.8 Å². The normalized spacial score (nSPS) is 18.7. The second-order valence-electron chi connectivity index (χ2n) is 7.68. The Morgan fingerprint density at radius 3 is 2.06 bits per heavy atom. The van der Waals surface area contributed by atoms with Gasteiger partial charge in [-0.15, -0.1) is 0 Å². The van der Waals surface area contributed by atoms with Crippen molar-refractivity contribution in [1.82, 2.24) is 19.0 Å². The highest BCUT2D eigenvalue weighted by Crippen LogP contribution is 2.19. The van der Waals surface area contributed by atoms with Gasteiger partial charge < -0.3 is 14.5 Å². The van der Waals surface area contributed by atoms with Gasteiger partial charge in [-0.3, -0.25) is 14.5 Å². The molecule has 2 saturated heterocycles. The van der Waals surface area contributed by atoms with Crippen molar-refractivity contribution in [3.8, 4) is 0 Å². The summed E-state index contributed by atoms with van der Waals surface area (Å²) >= 11 is 0. The van der Waals surface area contributed by atoms with Gasteiger partial charge in [0.25, 0.3) is 5.91 Å². The first-order valence-electron chi connectivity index (χ1n) is 10.8. The smallest absolute Gasteiger partial charge is 0.253 e. The maximum atomic E-state index is 12.8. The van der Waals surface area contributed by atoms with Gasteiger partial charge in [0.05, 0.1) is 24.7 Å². The molecule has 2 aliphatic heterocycles. The summed E-state index contributed by atoms with van der Waals surface area (Å²) in [7, 11) is -3.57. The fourth-order valence-electron chi connectivity index (χ4n) is 3.86. The zero-order valence-electron chi connectivity index (χ0n) is 18.3. The van der Waals surface area contributed by atoms with Crippen molar-refractivity contribution >= 4 is 21.8 Å². The predicted octanol–water partition coefficient (Wildman–Crippen LogP) is 0.334. The number of likely N-dealkylation sites (N-methyl/N-ethyl adjacent to an activating group) is 1. The van der Waals surface area contributed by atoms with Crippen LogP contribution in [0.3, 0.4) is 0 Å². The largest absolute Gasteiger partial charge is 0.379 e. The molecule has 1 aromatic rings. The van der Waals surface area contributed by atoms with E-state index < -0.39 is 10.0 Å². The number of rotatable bonds is 7. The van der Waals surface area contributed by atoms with Crippen molar-refractivity contribution in [2.75, 3.05) is 72.1 Å². The number of hydrogen-bond acceptors (Lipinski definition) is 6. The van der Waals surface area contributed by atoms with Gasteiger partial charge in [-0.25, -0.2) is 8.42 Å². The maximum absolute atomic E-state index is 12.8. The molecule has 0 radical (unpaired) electrons. The van der Waals surface area contributed by atoms with Crippen molar-refractivity contribution < 1.29 is 22.7 Å². The third kappa shape index (κ3) is 5.62. The lowest BCUT2D eigenvalue weighted by Gasteiger charge is -2.35. The van der Waals surface area contributed by atoms with E-state index in [0.717, 1.165) is 0 Å². The first-order valence-corrected chi connectivity index (χ1v) is 12.3. The minimum Gasteiger partial charge on any atom is -0.379 e. The molecule has 0 N–H and O–H groups in total. The maximum Gasteiger partial charge on any atom is 0.253 e. The highest BCUT2D eigenvalue weighted by molar-refractivity contribution is 7.89. The van der Waals surface area contributed by atoms with Gasteiger partial charge in [0.1, 0.15) is 0 Å². The fraction of sp³-hybridized carbons (Fsp3) is 0.619. The summed E-state index contributed by atoms with van der Waals surface area (Å²) < 4.78 is 32.1.